The van der Waals surface area contributed by atoms with E-state index in [4.69, 9.17) is 10.2 Å². The molecule has 0 aromatic heterocycles. The van der Waals surface area contributed by atoms with E-state index in [1.54, 1.807) is 12.1 Å². The van der Waals surface area contributed by atoms with Crippen LogP contribution in [0, 0.1) is 0 Å². The number of phenolic OH excluding ortho intramolecular Hbond substituents is 2. The van der Waals surface area contributed by atoms with Crippen molar-refractivity contribution in [1.82, 2.24) is 0 Å². The molecule has 0 saturated carbocycles. The number of allylic oxidation sites excluding steroid dienone is 2. The van der Waals surface area contributed by atoms with Crippen molar-refractivity contribution in [2.24, 2.45) is 0 Å². The number of hydrogen-bond donors (Lipinski definition) is 2. The third-order valence-electron chi connectivity index (χ3n) is 4.75. The van der Waals surface area contributed by atoms with Crippen LogP contribution in [-0.4, -0.2) is 23.3 Å². The zero-order chi connectivity index (χ0) is 21.6. The number of methoxy groups -OCH3 is 1. The predicted octanol–water partition coefficient (Wildman–Crippen LogP) is 7.29. The topological polar surface area (TPSA) is 66.8 Å². The SMILES string of the molecule is CCCCCCCC/C=C\CCCCCCCC(=O)OC.Oc1ccccc1O. The molecule has 0 fully saturated rings. The molecule has 1 aromatic carbocycles. The highest BCUT2D eigenvalue weighted by Crippen LogP contribution is 2.21. The number of hydrogen-bond acceptors (Lipinski definition) is 4. The quantitative estimate of drug-likeness (QED) is 0.139. The molecule has 166 valence electrons. The summed E-state index contributed by atoms with van der Waals surface area (Å²) >= 11 is 0. The van der Waals surface area contributed by atoms with Crippen LogP contribution in [0.4, 0.5) is 0 Å². The van der Waals surface area contributed by atoms with Gasteiger partial charge in [-0.15, -0.1) is 0 Å². The van der Waals surface area contributed by atoms with Crippen molar-refractivity contribution in [3.8, 4) is 11.5 Å². The normalized spacial score (nSPS) is 10.6. The number of unbranched alkanes of at least 4 members (excludes halogenated alkanes) is 11. The molecule has 29 heavy (non-hydrogen) atoms. The highest BCUT2D eigenvalue weighted by Gasteiger charge is 1.98. The van der Waals surface area contributed by atoms with Crippen molar-refractivity contribution in [1.29, 1.82) is 0 Å². The van der Waals surface area contributed by atoms with Gasteiger partial charge in [-0.1, -0.05) is 82.6 Å². The molecule has 0 bridgehead atoms. The minimum Gasteiger partial charge on any atom is -0.504 e. The number of ether oxygens (including phenoxy) is 1. The largest absolute Gasteiger partial charge is 0.504 e. The second-order valence-electron chi connectivity index (χ2n) is 7.40. The van der Waals surface area contributed by atoms with Crippen LogP contribution in [0.15, 0.2) is 36.4 Å². The number of aromatic hydroxyl groups is 2. The van der Waals surface area contributed by atoms with Crippen LogP contribution < -0.4 is 0 Å². The Morgan fingerprint density at radius 3 is 1.69 bits per heavy atom. The summed E-state index contributed by atoms with van der Waals surface area (Å²) in [7, 11) is 1.46. The Balaban J connectivity index is 0.000000807. The van der Waals surface area contributed by atoms with Crippen molar-refractivity contribution in [2.75, 3.05) is 7.11 Å². The molecule has 4 nitrogen and oxygen atoms in total. The van der Waals surface area contributed by atoms with Gasteiger partial charge in [0.2, 0.25) is 0 Å². The van der Waals surface area contributed by atoms with Gasteiger partial charge in [0.15, 0.2) is 11.5 Å². The Bertz CT molecular complexity index is 504. The smallest absolute Gasteiger partial charge is 0.305 e. The second kappa shape index (κ2) is 20.8. The fourth-order valence-electron chi connectivity index (χ4n) is 2.91. The first-order chi connectivity index (χ1) is 14.1. The van der Waals surface area contributed by atoms with Gasteiger partial charge < -0.3 is 14.9 Å². The van der Waals surface area contributed by atoms with Crippen molar-refractivity contribution < 1.29 is 19.7 Å². The molecule has 0 unspecified atom stereocenters. The van der Waals surface area contributed by atoms with Crippen molar-refractivity contribution in [3.63, 3.8) is 0 Å². The summed E-state index contributed by atoms with van der Waals surface area (Å²) in [6, 6.07) is 6.15. The Morgan fingerprint density at radius 2 is 1.24 bits per heavy atom. The van der Waals surface area contributed by atoms with E-state index < -0.39 is 0 Å². The van der Waals surface area contributed by atoms with Gasteiger partial charge in [0, 0.05) is 6.42 Å². The molecule has 4 heteroatoms. The molecule has 1 rings (SSSR count). The van der Waals surface area contributed by atoms with Crippen LogP contribution in [0.3, 0.4) is 0 Å². The molecule has 0 saturated heterocycles. The van der Waals surface area contributed by atoms with Crippen molar-refractivity contribution >= 4 is 5.97 Å². The Hall–Kier alpha value is -1.97. The molecular formula is C25H42O4. The lowest BCUT2D eigenvalue weighted by molar-refractivity contribution is -0.140. The van der Waals surface area contributed by atoms with E-state index in [1.165, 1.54) is 89.9 Å². The number of rotatable bonds is 15. The van der Waals surface area contributed by atoms with Gasteiger partial charge >= 0.3 is 5.97 Å². The molecule has 2 N–H and O–H groups in total. The number of para-hydroxylation sites is 2. The third-order valence-corrected chi connectivity index (χ3v) is 4.75. The first-order valence-corrected chi connectivity index (χ1v) is 11.3. The van der Waals surface area contributed by atoms with E-state index in [9.17, 15) is 4.79 Å². The lowest BCUT2D eigenvalue weighted by Gasteiger charge is -2.00. The fraction of sp³-hybridized carbons (Fsp3) is 0.640. The molecule has 0 atom stereocenters. The molecule has 0 aliphatic rings. The van der Waals surface area contributed by atoms with Crippen LogP contribution in [0.25, 0.3) is 0 Å². The standard InChI is InChI=1S/C19H36O2.C6H6O2/c1-3-4-5-6-7-8-9-10-11-12-13-14-15-16-17-18-19(20)21-2;7-5-3-1-2-4-6(5)8/h10-11H,3-9,12-18H2,1-2H3;1-4,7-8H/b11-10-;. The summed E-state index contributed by atoms with van der Waals surface area (Å²) in [4.78, 5) is 10.9. The monoisotopic (exact) mass is 406 g/mol. The minimum atomic E-state index is -0.0764. The molecule has 0 aliphatic heterocycles. The van der Waals surface area contributed by atoms with Gasteiger partial charge in [0.05, 0.1) is 7.11 Å². The van der Waals surface area contributed by atoms with Crippen LogP contribution in [-0.2, 0) is 9.53 Å². The number of carbonyl (C=O) groups is 1. The van der Waals surface area contributed by atoms with Crippen LogP contribution in [0.5, 0.6) is 11.5 Å². The van der Waals surface area contributed by atoms with Gasteiger partial charge in [0.1, 0.15) is 0 Å². The Morgan fingerprint density at radius 1 is 0.793 bits per heavy atom. The van der Waals surface area contributed by atoms with E-state index in [2.05, 4.69) is 23.8 Å². The van der Waals surface area contributed by atoms with Crippen molar-refractivity contribution in [2.45, 2.75) is 96.8 Å². The highest BCUT2D eigenvalue weighted by molar-refractivity contribution is 5.68. The predicted molar refractivity (Wildman–Crippen MR) is 121 cm³/mol. The molecule has 0 spiro atoms. The zero-order valence-electron chi connectivity index (χ0n) is 18.6. The van der Waals surface area contributed by atoms with E-state index in [0.717, 1.165) is 12.8 Å². The van der Waals surface area contributed by atoms with Crippen LogP contribution >= 0.6 is 0 Å². The first kappa shape index (κ1) is 27.0. The molecule has 0 aliphatic carbocycles. The van der Waals surface area contributed by atoms with Gasteiger partial charge in [-0.25, -0.2) is 0 Å². The molecular weight excluding hydrogens is 364 g/mol. The second-order valence-corrected chi connectivity index (χ2v) is 7.40. The number of esters is 1. The fourth-order valence-corrected chi connectivity index (χ4v) is 2.91. The summed E-state index contributed by atoms with van der Waals surface area (Å²) < 4.78 is 4.62. The number of carbonyl (C=O) groups excluding carboxylic acids is 1. The average Bonchev–Trinajstić information content (AvgIpc) is 2.73. The first-order valence-electron chi connectivity index (χ1n) is 11.3. The Labute approximate surface area is 178 Å². The van der Waals surface area contributed by atoms with E-state index in [0.29, 0.717) is 6.42 Å². The average molecular weight is 407 g/mol. The van der Waals surface area contributed by atoms with Crippen LogP contribution in [0.2, 0.25) is 0 Å². The third kappa shape index (κ3) is 19.1. The summed E-state index contributed by atoms with van der Waals surface area (Å²) in [6.45, 7) is 2.27. The van der Waals surface area contributed by atoms with Crippen LogP contribution in [0.1, 0.15) is 96.8 Å². The Kier molecular flexibility index (Phi) is 19.3. The molecule has 0 radical (unpaired) electrons. The number of benzene rings is 1. The highest BCUT2D eigenvalue weighted by atomic mass is 16.5. The summed E-state index contributed by atoms with van der Waals surface area (Å²) in [6.07, 6.45) is 22.0. The summed E-state index contributed by atoms with van der Waals surface area (Å²) in [5, 5.41) is 17.3. The minimum absolute atomic E-state index is 0.0763. The maximum atomic E-state index is 10.9. The maximum absolute atomic E-state index is 10.9. The van der Waals surface area contributed by atoms with Gasteiger partial charge in [0.25, 0.3) is 0 Å². The van der Waals surface area contributed by atoms with Crippen molar-refractivity contribution in [3.05, 3.63) is 36.4 Å². The maximum Gasteiger partial charge on any atom is 0.305 e. The van der Waals surface area contributed by atoms with E-state index in [1.807, 2.05) is 0 Å². The summed E-state index contributed by atoms with van der Waals surface area (Å²) in [5.74, 6) is -0.229. The van der Waals surface area contributed by atoms with E-state index in [-0.39, 0.29) is 17.5 Å². The van der Waals surface area contributed by atoms with E-state index >= 15 is 0 Å². The van der Waals surface area contributed by atoms with Gasteiger partial charge in [-0.05, 0) is 44.2 Å². The lowest BCUT2D eigenvalue weighted by atomic mass is 10.1. The van der Waals surface area contributed by atoms with Gasteiger partial charge in [-0.3, -0.25) is 4.79 Å². The summed E-state index contributed by atoms with van der Waals surface area (Å²) in [5.41, 5.74) is 0. The number of phenols is 2. The molecule has 1 aromatic rings. The van der Waals surface area contributed by atoms with Gasteiger partial charge in [-0.2, -0.15) is 0 Å². The molecule has 0 heterocycles. The lowest BCUT2D eigenvalue weighted by Crippen LogP contribution is -1.98. The molecule has 0 amide bonds. The zero-order valence-corrected chi connectivity index (χ0v) is 18.6.